The highest BCUT2D eigenvalue weighted by Crippen LogP contribution is 2.42. The first-order chi connectivity index (χ1) is 6.15. The Balaban J connectivity index is 1.87. The maximum absolute atomic E-state index is 11.3. The van der Waals surface area contributed by atoms with Gasteiger partial charge in [-0.1, -0.05) is 0 Å². The molecule has 0 aromatic rings. The molecule has 0 N–H and O–H groups in total. The van der Waals surface area contributed by atoms with E-state index in [2.05, 4.69) is 6.92 Å². The van der Waals surface area contributed by atoms with Gasteiger partial charge in [-0.25, -0.2) is 4.79 Å². The summed E-state index contributed by atoms with van der Waals surface area (Å²) in [6.45, 7) is 5.80. The zero-order valence-corrected chi connectivity index (χ0v) is 8.08. The Bertz CT molecular complexity index is 231. The van der Waals surface area contributed by atoms with E-state index in [1.165, 1.54) is 0 Å². The number of rotatable bonds is 1. The number of carbonyl (C=O) groups is 1. The van der Waals surface area contributed by atoms with Gasteiger partial charge in [0.2, 0.25) is 0 Å². The number of likely N-dealkylation sites (tertiary alicyclic amines) is 1. The summed E-state index contributed by atoms with van der Waals surface area (Å²) in [7, 11) is 0. The number of nitrogens with zero attached hydrogens (tertiary/aromatic N) is 1. The van der Waals surface area contributed by atoms with Crippen LogP contribution in [-0.2, 0) is 9.47 Å². The average Bonchev–Trinajstić information content (AvgIpc) is 2.75. The summed E-state index contributed by atoms with van der Waals surface area (Å²) >= 11 is 0. The molecule has 13 heavy (non-hydrogen) atoms. The van der Waals surface area contributed by atoms with Crippen molar-refractivity contribution >= 4 is 6.09 Å². The van der Waals surface area contributed by atoms with Gasteiger partial charge in [-0.15, -0.1) is 0 Å². The molecule has 2 atom stereocenters. The van der Waals surface area contributed by atoms with Crippen LogP contribution < -0.4 is 0 Å². The Morgan fingerprint density at radius 3 is 3.15 bits per heavy atom. The number of epoxide rings is 1. The summed E-state index contributed by atoms with van der Waals surface area (Å²) in [6.07, 6.45) is 0.960. The maximum Gasteiger partial charge on any atom is 0.409 e. The highest BCUT2D eigenvalue weighted by Gasteiger charge is 2.55. The lowest BCUT2D eigenvalue weighted by Crippen LogP contribution is -2.42. The first kappa shape index (κ1) is 8.81. The van der Waals surface area contributed by atoms with E-state index in [4.69, 9.17) is 9.47 Å². The maximum atomic E-state index is 11.3. The van der Waals surface area contributed by atoms with Crippen LogP contribution in [0.4, 0.5) is 4.79 Å². The van der Waals surface area contributed by atoms with Gasteiger partial charge in [0.05, 0.1) is 18.8 Å². The van der Waals surface area contributed by atoms with E-state index in [-0.39, 0.29) is 17.8 Å². The molecule has 2 aliphatic heterocycles. The fourth-order valence-electron chi connectivity index (χ4n) is 1.77. The highest BCUT2D eigenvalue weighted by molar-refractivity contribution is 5.68. The molecule has 0 bridgehead atoms. The second-order valence-electron chi connectivity index (χ2n) is 3.81. The summed E-state index contributed by atoms with van der Waals surface area (Å²) in [4.78, 5) is 13.0. The molecule has 2 rings (SSSR count). The van der Waals surface area contributed by atoms with Crippen LogP contribution in [-0.4, -0.2) is 42.4 Å². The van der Waals surface area contributed by atoms with Gasteiger partial charge >= 0.3 is 6.09 Å². The molecule has 4 nitrogen and oxygen atoms in total. The summed E-state index contributed by atoms with van der Waals surface area (Å²) in [5, 5.41) is 0. The van der Waals surface area contributed by atoms with Crippen molar-refractivity contribution in [1.29, 1.82) is 0 Å². The quantitative estimate of drug-likeness (QED) is 0.572. The number of amides is 1. The molecule has 0 aliphatic carbocycles. The lowest BCUT2D eigenvalue weighted by Gasteiger charge is -2.25. The molecule has 2 unspecified atom stereocenters. The number of hydrogen-bond donors (Lipinski definition) is 0. The van der Waals surface area contributed by atoms with Crippen molar-refractivity contribution in [3.8, 4) is 0 Å². The standard InChI is InChI=1S/C9H15NO3/c1-3-12-8(11)10-5-4-9(2)7(6-10)13-9/h7H,3-6H2,1-2H3. The van der Waals surface area contributed by atoms with Crippen molar-refractivity contribution in [2.45, 2.75) is 32.0 Å². The topological polar surface area (TPSA) is 42.1 Å². The third kappa shape index (κ3) is 1.50. The van der Waals surface area contributed by atoms with Crippen LogP contribution >= 0.6 is 0 Å². The van der Waals surface area contributed by atoms with Crippen molar-refractivity contribution < 1.29 is 14.3 Å². The Morgan fingerprint density at radius 2 is 2.54 bits per heavy atom. The van der Waals surface area contributed by atoms with Gasteiger partial charge in [-0.3, -0.25) is 0 Å². The van der Waals surface area contributed by atoms with Crippen LogP contribution in [0.15, 0.2) is 0 Å². The first-order valence-electron chi connectivity index (χ1n) is 4.75. The van der Waals surface area contributed by atoms with E-state index >= 15 is 0 Å². The highest BCUT2D eigenvalue weighted by atomic mass is 16.6. The molecule has 0 radical (unpaired) electrons. The summed E-state index contributed by atoms with van der Waals surface area (Å²) in [5.41, 5.74) is 0.0585. The molecule has 0 spiro atoms. The first-order valence-corrected chi connectivity index (χ1v) is 4.75. The van der Waals surface area contributed by atoms with Crippen LogP contribution in [0.5, 0.6) is 0 Å². The van der Waals surface area contributed by atoms with Gasteiger partial charge in [0, 0.05) is 6.54 Å². The SMILES string of the molecule is CCOC(=O)N1CCC2(C)OC2C1. The van der Waals surface area contributed by atoms with Gasteiger partial charge in [0.1, 0.15) is 6.10 Å². The Kier molecular flexibility index (Phi) is 1.95. The minimum absolute atomic E-state index is 0.0585. The lowest BCUT2D eigenvalue weighted by atomic mass is 9.99. The number of carbonyl (C=O) groups excluding carboxylic acids is 1. The van der Waals surface area contributed by atoms with Crippen LogP contribution in [0.3, 0.4) is 0 Å². The van der Waals surface area contributed by atoms with Crippen LogP contribution in [0.2, 0.25) is 0 Å². The Morgan fingerprint density at radius 1 is 1.77 bits per heavy atom. The number of fused-ring (bicyclic) bond motifs is 1. The predicted octanol–water partition coefficient (Wildman–Crippen LogP) is 1.01. The van der Waals surface area contributed by atoms with E-state index < -0.39 is 0 Å². The van der Waals surface area contributed by atoms with Gasteiger partial charge < -0.3 is 14.4 Å². The van der Waals surface area contributed by atoms with Gasteiger partial charge in [0.25, 0.3) is 0 Å². The fourth-order valence-corrected chi connectivity index (χ4v) is 1.77. The zero-order valence-electron chi connectivity index (χ0n) is 8.08. The average molecular weight is 185 g/mol. The summed E-state index contributed by atoms with van der Waals surface area (Å²) in [6, 6.07) is 0. The minimum atomic E-state index is -0.208. The van der Waals surface area contributed by atoms with Crippen LogP contribution in [0.1, 0.15) is 20.3 Å². The molecule has 2 fully saturated rings. The molecule has 0 aromatic heterocycles. The second kappa shape index (κ2) is 2.87. The van der Waals surface area contributed by atoms with Crippen molar-refractivity contribution in [3.05, 3.63) is 0 Å². The zero-order chi connectivity index (χ0) is 9.47. The van der Waals surface area contributed by atoms with E-state index in [1.807, 2.05) is 6.92 Å². The number of hydrogen-bond acceptors (Lipinski definition) is 3. The van der Waals surface area contributed by atoms with E-state index in [9.17, 15) is 4.79 Å². The third-order valence-corrected chi connectivity index (χ3v) is 2.83. The molecule has 0 saturated carbocycles. The van der Waals surface area contributed by atoms with Crippen LogP contribution in [0.25, 0.3) is 0 Å². The van der Waals surface area contributed by atoms with Crippen molar-refractivity contribution in [1.82, 2.24) is 4.90 Å². The van der Waals surface area contributed by atoms with Gasteiger partial charge in [0.15, 0.2) is 0 Å². The molecular formula is C9H15NO3. The molecule has 1 amide bonds. The predicted molar refractivity (Wildman–Crippen MR) is 46.5 cm³/mol. The van der Waals surface area contributed by atoms with Gasteiger partial charge in [-0.2, -0.15) is 0 Å². The van der Waals surface area contributed by atoms with Crippen molar-refractivity contribution in [2.24, 2.45) is 0 Å². The van der Waals surface area contributed by atoms with Crippen molar-refractivity contribution in [3.63, 3.8) is 0 Å². The van der Waals surface area contributed by atoms with Crippen LogP contribution in [0, 0.1) is 0 Å². The normalized spacial score (nSPS) is 36.8. The van der Waals surface area contributed by atoms with E-state index in [1.54, 1.807) is 4.90 Å². The van der Waals surface area contributed by atoms with Gasteiger partial charge in [-0.05, 0) is 20.3 Å². The third-order valence-electron chi connectivity index (χ3n) is 2.83. The monoisotopic (exact) mass is 185 g/mol. The number of piperidine rings is 1. The fraction of sp³-hybridized carbons (Fsp3) is 0.889. The second-order valence-corrected chi connectivity index (χ2v) is 3.81. The molecule has 4 heteroatoms. The molecule has 2 saturated heterocycles. The minimum Gasteiger partial charge on any atom is -0.450 e. The largest absolute Gasteiger partial charge is 0.450 e. The van der Waals surface area contributed by atoms with E-state index in [0.717, 1.165) is 13.0 Å². The van der Waals surface area contributed by atoms with Crippen molar-refractivity contribution in [2.75, 3.05) is 19.7 Å². The Labute approximate surface area is 77.8 Å². The molecule has 2 aliphatic rings. The smallest absolute Gasteiger partial charge is 0.409 e. The molecule has 0 aromatic carbocycles. The molecule has 74 valence electrons. The molecular weight excluding hydrogens is 170 g/mol. The number of ether oxygens (including phenoxy) is 2. The molecule has 2 heterocycles. The Hall–Kier alpha value is -0.770. The summed E-state index contributed by atoms with van der Waals surface area (Å²) < 4.78 is 10.4. The lowest BCUT2D eigenvalue weighted by molar-refractivity contribution is 0.101. The summed E-state index contributed by atoms with van der Waals surface area (Å²) in [5.74, 6) is 0. The van der Waals surface area contributed by atoms with E-state index in [0.29, 0.717) is 13.2 Å².